The van der Waals surface area contributed by atoms with Gasteiger partial charge in [-0.1, -0.05) is 36.0 Å². The summed E-state index contributed by atoms with van der Waals surface area (Å²) in [7, 11) is 0. The Hall–Kier alpha value is -3.65. The number of hydrogen-bond donors (Lipinski definition) is 2. The Morgan fingerprint density at radius 1 is 1.06 bits per heavy atom. The highest BCUT2D eigenvalue weighted by Crippen LogP contribution is 2.34. The molecule has 0 saturated carbocycles. The molecule has 1 aliphatic heterocycles. The average Bonchev–Trinajstić information content (AvgIpc) is 3.11. The van der Waals surface area contributed by atoms with E-state index in [1.165, 1.54) is 11.8 Å². The SMILES string of the molecule is CC(=O)c1ccc(COc2ccc(Sc3ccncc3C3NC(=O)NC3=O)cc2)cc1. The molecule has 1 aliphatic rings. The summed E-state index contributed by atoms with van der Waals surface area (Å²) in [5.41, 5.74) is 2.29. The van der Waals surface area contributed by atoms with E-state index in [9.17, 15) is 14.4 Å². The molecule has 1 unspecified atom stereocenters. The molecule has 0 aliphatic carbocycles. The van der Waals surface area contributed by atoms with Crippen LogP contribution in [0.15, 0.2) is 76.8 Å². The van der Waals surface area contributed by atoms with E-state index in [1.54, 1.807) is 31.5 Å². The number of carbonyl (C=O) groups is 3. The molecule has 7 nitrogen and oxygen atoms in total. The first kappa shape index (κ1) is 20.6. The minimum atomic E-state index is -0.749. The molecule has 1 atom stereocenters. The molecule has 8 heteroatoms. The van der Waals surface area contributed by atoms with Crippen LogP contribution < -0.4 is 15.4 Å². The fourth-order valence-electron chi connectivity index (χ4n) is 3.07. The molecular weight excluding hydrogens is 414 g/mol. The number of urea groups is 1. The molecule has 31 heavy (non-hydrogen) atoms. The van der Waals surface area contributed by atoms with Crippen molar-refractivity contribution >= 4 is 29.5 Å². The molecular formula is C23H19N3O4S. The molecule has 0 spiro atoms. The topological polar surface area (TPSA) is 97.4 Å². The minimum Gasteiger partial charge on any atom is -0.489 e. The van der Waals surface area contributed by atoms with Gasteiger partial charge < -0.3 is 10.1 Å². The number of hydrogen-bond acceptors (Lipinski definition) is 6. The van der Waals surface area contributed by atoms with Crippen molar-refractivity contribution < 1.29 is 19.1 Å². The van der Waals surface area contributed by atoms with Gasteiger partial charge in [0.2, 0.25) is 0 Å². The van der Waals surface area contributed by atoms with E-state index < -0.39 is 12.1 Å². The van der Waals surface area contributed by atoms with E-state index in [1.807, 2.05) is 42.5 Å². The van der Waals surface area contributed by atoms with Crippen LogP contribution in [0.5, 0.6) is 5.75 Å². The molecule has 4 rings (SSSR count). The second-order valence-corrected chi connectivity index (χ2v) is 8.04. The number of imide groups is 1. The summed E-state index contributed by atoms with van der Waals surface area (Å²) >= 11 is 1.47. The van der Waals surface area contributed by atoms with Crippen LogP contribution >= 0.6 is 11.8 Å². The first-order valence-electron chi connectivity index (χ1n) is 9.55. The summed E-state index contributed by atoms with van der Waals surface area (Å²) in [5.74, 6) is 0.367. The number of amides is 3. The van der Waals surface area contributed by atoms with Crippen LogP contribution in [0.1, 0.15) is 34.5 Å². The van der Waals surface area contributed by atoms with Crippen LogP contribution in [0.3, 0.4) is 0 Å². The quantitative estimate of drug-likeness (QED) is 0.433. The van der Waals surface area contributed by atoms with Crippen LogP contribution in [0.2, 0.25) is 0 Å². The predicted molar refractivity (Wildman–Crippen MR) is 115 cm³/mol. The van der Waals surface area contributed by atoms with Crippen molar-refractivity contribution in [3.05, 3.63) is 83.7 Å². The third-order valence-corrected chi connectivity index (χ3v) is 5.81. The van der Waals surface area contributed by atoms with Gasteiger partial charge in [-0.25, -0.2) is 4.79 Å². The van der Waals surface area contributed by atoms with E-state index in [0.717, 1.165) is 21.1 Å². The molecule has 0 radical (unpaired) electrons. The van der Waals surface area contributed by atoms with Gasteiger partial charge in [0.15, 0.2) is 5.78 Å². The third-order valence-electron chi connectivity index (χ3n) is 4.71. The number of aromatic nitrogens is 1. The Morgan fingerprint density at radius 3 is 2.45 bits per heavy atom. The summed E-state index contributed by atoms with van der Waals surface area (Å²) in [6, 6.07) is 15.5. The van der Waals surface area contributed by atoms with E-state index in [2.05, 4.69) is 15.6 Å². The molecule has 1 saturated heterocycles. The Kier molecular flexibility index (Phi) is 5.99. The number of nitrogens with zero attached hydrogens (tertiary/aromatic N) is 1. The maximum absolute atomic E-state index is 12.0. The molecule has 2 N–H and O–H groups in total. The van der Waals surface area contributed by atoms with Crippen molar-refractivity contribution in [1.29, 1.82) is 0 Å². The van der Waals surface area contributed by atoms with Gasteiger partial charge in [-0.3, -0.25) is 19.9 Å². The number of ketones is 1. The highest BCUT2D eigenvalue weighted by Gasteiger charge is 2.32. The van der Waals surface area contributed by atoms with E-state index in [4.69, 9.17) is 4.74 Å². The standard InChI is InChI=1S/C23H19N3O4S/c1-14(27)16-4-2-15(3-5-16)13-30-17-6-8-18(9-7-17)31-20-10-11-24-12-19(20)21-22(28)26-23(29)25-21/h2-12,21H,13H2,1H3,(H2,25,26,28,29). The molecule has 2 heterocycles. The smallest absolute Gasteiger partial charge is 0.322 e. The lowest BCUT2D eigenvalue weighted by Gasteiger charge is -2.13. The van der Waals surface area contributed by atoms with Crippen LogP contribution in [0, 0.1) is 0 Å². The van der Waals surface area contributed by atoms with Crippen LogP contribution in [0.25, 0.3) is 0 Å². The highest BCUT2D eigenvalue weighted by molar-refractivity contribution is 7.99. The van der Waals surface area contributed by atoms with Crippen molar-refractivity contribution in [3.8, 4) is 5.75 Å². The maximum Gasteiger partial charge on any atom is 0.322 e. The van der Waals surface area contributed by atoms with Crippen molar-refractivity contribution in [2.24, 2.45) is 0 Å². The van der Waals surface area contributed by atoms with Gasteiger partial charge in [0.05, 0.1) is 0 Å². The normalized spacial score (nSPS) is 15.3. The number of carbonyl (C=O) groups excluding carboxylic acids is 3. The predicted octanol–water partition coefficient (Wildman–Crippen LogP) is 3.89. The summed E-state index contributed by atoms with van der Waals surface area (Å²) < 4.78 is 5.82. The molecule has 0 bridgehead atoms. The van der Waals surface area contributed by atoms with E-state index in [0.29, 0.717) is 17.7 Å². The zero-order valence-corrected chi connectivity index (χ0v) is 17.4. The van der Waals surface area contributed by atoms with Crippen molar-refractivity contribution in [1.82, 2.24) is 15.6 Å². The Morgan fingerprint density at radius 2 is 1.81 bits per heavy atom. The van der Waals surface area contributed by atoms with Gasteiger partial charge in [0.1, 0.15) is 18.4 Å². The van der Waals surface area contributed by atoms with Crippen LogP contribution in [0.4, 0.5) is 4.79 Å². The van der Waals surface area contributed by atoms with Gasteiger partial charge >= 0.3 is 6.03 Å². The number of ether oxygens (including phenoxy) is 1. The van der Waals surface area contributed by atoms with Gasteiger partial charge in [-0.2, -0.15) is 0 Å². The Balaban J connectivity index is 1.41. The summed E-state index contributed by atoms with van der Waals surface area (Å²) in [6.07, 6.45) is 3.24. The van der Waals surface area contributed by atoms with Gasteiger partial charge in [0.25, 0.3) is 5.91 Å². The summed E-state index contributed by atoms with van der Waals surface area (Å²) in [6.45, 7) is 1.94. The maximum atomic E-state index is 12.0. The summed E-state index contributed by atoms with van der Waals surface area (Å²) in [5, 5.41) is 4.85. The Bertz CT molecular complexity index is 1130. The fourth-order valence-corrected chi connectivity index (χ4v) is 4.02. The molecule has 3 aromatic rings. The van der Waals surface area contributed by atoms with Crippen molar-refractivity contribution in [2.75, 3.05) is 0 Å². The van der Waals surface area contributed by atoms with E-state index in [-0.39, 0.29) is 11.7 Å². The zero-order valence-electron chi connectivity index (χ0n) is 16.6. The number of nitrogens with one attached hydrogen (secondary N) is 2. The fraction of sp³-hybridized carbons (Fsp3) is 0.130. The average molecular weight is 433 g/mol. The molecule has 2 aromatic carbocycles. The summed E-state index contributed by atoms with van der Waals surface area (Å²) in [4.78, 5) is 40.7. The van der Waals surface area contributed by atoms with Gasteiger partial charge in [-0.05, 0) is 42.8 Å². The second kappa shape index (κ2) is 9.01. The largest absolute Gasteiger partial charge is 0.489 e. The van der Waals surface area contributed by atoms with Crippen molar-refractivity contribution in [2.45, 2.75) is 29.4 Å². The first-order chi connectivity index (χ1) is 15.0. The minimum absolute atomic E-state index is 0.0360. The lowest BCUT2D eigenvalue weighted by molar-refractivity contribution is -0.120. The lowest BCUT2D eigenvalue weighted by atomic mass is 10.1. The molecule has 156 valence electrons. The molecule has 1 aromatic heterocycles. The Labute approximate surface area is 183 Å². The third kappa shape index (κ3) is 4.92. The van der Waals surface area contributed by atoms with E-state index >= 15 is 0 Å². The first-order valence-corrected chi connectivity index (χ1v) is 10.4. The number of pyridine rings is 1. The lowest BCUT2D eigenvalue weighted by Crippen LogP contribution is -2.22. The zero-order chi connectivity index (χ0) is 21.8. The number of Topliss-reactive ketones (excluding diaryl/α,β-unsaturated/α-hetero) is 1. The van der Waals surface area contributed by atoms with Gasteiger partial charge in [-0.15, -0.1) is 0 Å². The van der Waals surface area contributed by atoms with Crippen LogP contribution in [-0.2, 0) is 11.4 Å². The number of rotatable bonds is 7. The highest BCUT2D eigenvalue weighted by atomic mass is 32.2. The second-order valence-electron chi connectivity index (χ2n) is 6.92. The number of benzene rings is 2. The van der Waals surface area contributed by atoms with Gasteiger partial charge in [0, 0.05) is 33.3 Å². The molecule has 1 fully saturated rings. The van der Waals surface area contributed by atoms with Crippen LogP contribution in [-0.4, -0.2) is 22.7 Å². The molecule has 3 amide bonds. The monoisotopic (exact) mass is 433 g/mol. The van der Waals surface area contributed by atoms with Crippen molar-refractivity contribution in [3.63, 3.8) is 0 Å².